The summed E-state index contributed by atoms with van der Waals surface area (Å²) in [5.74, 6) is -0.271. The zero-order chi connectivity index (χ0) is 10.1. The van der Waals surface area contributed by atoms with Gasteiger partial charge in [-0.2, -0.15) is 0 Å². The normalized spacial score (nSPS) is 16.3. The van der Waals surface area contributed by atoms with Crippen molar-refractivity contribution in [1.82, 2.24) is 9.55 Å². The number of nitrogens with zero attached hydrogens (tertiary/aromatic N) is 1. The van der Waals surface area contributed by atoms with Crippen molar-refractivity contribution in [2.24, 2.45) is 0 Å². The molecule has 0 amide bonds. The lowest BCUT2D eigenvalue weighted by Crippen LogP contribution is -2.31. The first-order valence-corrected chi connectivity index (χ1v) is 4.38. The van der Waals surface area contributed by atoms with Gasteiger partial charge in [0.1, 0.15) is 0 Å². The second kappa shape index (κ2) is 3.17. The molecule has 0 bridgehead atoms. The van der Waals surface area contributed by atoms with Gasteiger partial charge in [-0.15, -0.1) is 0 Å². The summed E-state index contributed by atoms with van der Waals surface area (Å²) in [4.78, 5) is 24.3. The van der Waals surface area contributed by atoms with E-state index in [1.165, 1.54) is 4.57 Å². The highest BCUT2D eigenvalue weighted by molar-refractivity contribution is 5.10. The fraction of sp³-hybridized carbons (Fsp3) is 0.333. The lowest BCUT2D eigenvalue weighted by Gasteiger charge is -2.13. The zero-order valence-electron chi connectivity index (χ0n) is 7.43. The summed E-state index contributed by atoms with van der Waals surface area (Å²) in [6.45, 7) is 0. The number of nitrogens with one attached hydrogen (secondary N) is 1. The number of H-pyrrole nitrogens is 1. The molecule has 5 heteroatoms. The van der Waals surface area contributed by atoms with Gasteiger partial charge in [0.15, 0.2) is 0 Å². The maximum Gasteiger partial charge on any atom is 0.331 e. The first kappa shape index (κ1) is 8.80. The van der Waals surface area contributed by atoms with Crippen LogP contribution in [-0.2, 0) is 0 Å². The third kappa shape index (κ3) is 1.37. The number of hydrogen-bond donors (Lipinski definition) is 2. The first-order chi connectivity index (χ1) is 6.68. The Morgan fingerprint density at radius 2 is 2.00 bits per heavy atom. The highest BCUT2D eigenvalue weighted by Crippen LogP contribution is 2.24. The van der Waals surface area contributed by atoms with E-state index in [0.717, 1.165) is 6.07 Å². The fourth-order valence-electron chi connectivity index (χ4n) is 1.66. The minimum absolute atomic E-state index is 0.0700. The third-order valence-electron chi connectivity index (χ3n) is 2.30. The van der Waals surface area contributed by atoms with Crippen LogP contribution in [0.15, 0.2) is 27.8 Å². The van der Waals surface area contributed by atoms with Crippen molar-refractivity contribution in [3.8, 4) is 5.88 Å². The van der Waals surface area contributed by atoms with Gasteiger partial charge in [-0.05, 0) is 12.8 Å². The first-order valence-electron chi connectivity index (χ1n) is 4.38. The molecule has 1 aliphatic carbocycles. The van der Waals surface area contributed by atoms with Crippen LogP contribution in [0.3, 0.4) is 0 Å². The Labute approximate surface area is 79.3 Å². The summed E-state index contributed by atoms with van der Waals surface area (Å²) < 4.78 is 1.21. The fourth-order valence-corrected chi connectivity index (χ4v) is 1.66. The van der Waals surface area contributed by atoms with Crippen LogP contribution < -0.4 is 11.2 Å². The summed E-state index contributed by atoms with van der Waals surface area (Å²) in [7, 11) is 0. The quantitative estimate of drug-likeness (QED) is 0.624. The average molecular weight is 194 g/mol. The standard InChI is InChI=1S/C9H10N2O3/c12-7-5-8(13)11(9(14)10-7)6-3-1-2-4-6/h1-2,5-6,13H,3-4H2,(H,10,12,14). The molecule has 1 aromatic heterocycles. The van der Waals surface area contributed by atoms with Crippen LogP contribution in [0.4, 0.5) is 0 Å². The van der Waals surface area contributed by atoms with Gasteiger partial charge in [-0.1, -0.05) is 12.2 Å². The monoisotopic (exact) mass is 194 g/mol. The number of allylic oxidation sites excluding steroid dienone is 2. The molecule has 0 saturated heterocycles. The van der Waals surface area contributed by atoms with E-state index in [2.05, 4.69) is 4.98 Å². The van der Waals surface area contributed by atoms with E-state index < -0.39 is 11.2 Å². The van der Waals surface area contributed by atoms with Crippen molar-refractivity contribution in [2.45, 2.75) is 18.9 Å². The molecule has 2 N–H and O–H groups in total. The van der Waals surface area contributed by atoms with Gasteiger partial charge in [-0.3, -0.25) is 14.3 Å². The molecular weight excluding hydrogens is 184 g/mol. The van der Waals surface area contributed by atoms with E-state index in [4.69, 9.17) is 0 Å². The molecule has 1 aromatic rings. The third-order valence-corrected chi connectivity index (χ3v) is 2.30. The van der Waals surface area contributed by atoms with E-state index in [1.54, 1.807) is 0 Å². The predicted molar refractivity (Wildman–Crippen MR) is 50.4 cm³/mol. The molecule has 2 rings (SSSR count). The molecule has 0 saturated carbocycles. The van der Waals surface area contributed by atoms with Gasteiger partial charge in [0.2, 0.25) is 5.88 Å². The molecule has 1 heterocycles. The van der Waals surface area contributed by atoms with Gasteiger partial charge >= 0.3 is 5.69 Å². The predicted octanol–water partition coefficient (Wildman–Crippen LogP) is 0.133. The molecule has 0 aromatic carbocycles. The Balaban J connectivity index is 2.52. The highest BCUT2D eigenvalue weighted by atomic mass is 16.3. The number of aromatic amines is 1. The molecule has 14 heavy (non-hydrogen) atoms. The zero-order valence-corrected chi connectivity index (χ0v) is 7.43. The Kier molecular flexibility index (Phi) is 1.99. The van der Waals surface area contributed by atoms with Crippen molar-refractivity contribution >= 4 is 0 Å². The molecule has 0 atom stereocenters. The van der Waals surface area contributed by atoms with Crippen LogP contribution >= 0.6 is 0 Å². The largest absolute Gasteiger partial charge is 0.494 e. The van der Waals surface area contributed by atoms with Gasteiger partial charge in [0.05, 0.1) is 6.07 Å². The Bertz CT molecular complexity index is 476. The smallest absolute Gasteiger partial charge is 0.331 e. The molecule has 0 aliphatic heterocycles. The second-order valence-corrected chi connectivity index (χ2v) is 3.26. The SMILES string of the molecule is O=c1cc(O)n(C2CC=CC2)c(=O)[nH]1. The lowest BCUT2D eigenvalue weighted by molar-refractivity contribution is 0.367. The summed E-state index contributed by atoms with van der Waals surface area (Å²) >= 11 is 0. The summed E-state index contributed by atoms with van der Waals surface area (Å²) in [6.07, 6.45) is 5.31. The maximum absolute atomic E-state index is 11.4. The molecule has 5 nitrogen and oxygen atoms in total. The van der Waals surface area contributed by atoms with Gasteiger partial charge in [0.25, 0.3) is 5.56 Å². The number of aromatic nitrogens is 2. The van der Waals surface area contributed by atoms with Gasteiger partial charge in [0, 0.05) is 6.04 Å². The number of rotatable bonds is 1. The van der Waals surface area contributed by atoms with E-state index in [9.17, 15) is 14.7 Å². The van der Waals surface area contributed by atoms with E-state index in [-0.39, 0.29) is 11.9 Å². The van der Waals surface area contributed by atoms with Crippen molar-refractivity contribution in [3.63, 3.8) is 0 Å². The molecule has 0 radical (unpaired) electrons. The van der Waals surface area contributed by atoms with Crippen LogP contribution in [-0.4, -0.2) is 14.7 Å². The van der Waals surface area contributed by atoms with Crippen LogP contribution in [0.25, 0.3) is 0 Å². The van der Waals surface area contributed by atoms with Crippen LogP contribution in [0.1, 0.15) is 18.9 Å². The van der Waals surface area contributed by atoms with Crippen molar-refractivity contribution in [2.75, 3.05) is 0 Å². The summed E-state index contributed by atoms with van der Waals surface area (Å²) in [5, 5.41) is 9.45. The van der Waals surface area contributed by atoms with E-state index >= 15 is 0 Å². The van der Waals surface area contributed by atoms with Crippen molar-refractivity contribution in [1.29, 1.82) is 0 Å². The Hall–Kier alpha value is -1.78. The van der Waals surface area contributed by atoms with Gasteiger partial charge < -0.3 is 5.11 Å². The van der Waals surface area contributed by atoms with Crippen molar-refractivity contribution < 1.29 is 5.11 Å². The second-order valence-electron chi connectivity index (χ2n) is 3.26. The molecular formula is C9H10N2O3. The molecule has 1 aliphatic rings. The van der Waals surface area contributed by atoms with Crippen molar-refractivity contribution in [3.05, 3.63) is 39.1 Å². The minimum Gasteiger partial charge on any atom is -0.494 e. The number of hydrogen-bond acceptors (Lipinski definition) is 3. The highest BCUT2D eigenvalue weighted by Gasteiger charge is 2.17. The maximum atomic E-state index is 11.4. The average Bonchev–Trinajstić information content (AvgIpc) is 2.54. The topological polar surface area (TPSA) is 75.1 Å². The minimum atomic E-state index is -0.574. The molecule has 0 fully saturated rings. The molecule has 0 unspecified atom stereocenters. The lowest BCUT2D eigenvalue weighted by atomic mass is 10.2. The molecule has 74 valence electrons. The summed E-state index contributed by atoms with van der Waals surface area (Å²) in [6, 6.07) is 0.944. The summed E-state index contributed by atoms with van der Waals surface area (Å²) in [5.41, 5.74) is -1.13. The Morgan fingerprint density at radius 3 is 2.57 bits per heavy atom. The van der Waals surface area contributed by atoms with E-state index in [1.807, 2.05) is 12.2 Å². The van der Waals surface area contributed by atoms with E-state index in [0.29, 0.717) is 12.8 Å². The van der Waals surface area contributed by atoms with Gasteiger partial charge in [-0.25, -0.2) is 4.79 Å². The van der Waals surface area contributed by atoms with Crippen LogP contribution in [0, 0.1) is 0 Å². The number of aromatic hydroxyl groups is 1. The van der Waals surface area contributed by atoms with Crippen LogP contribution in [0.5, 0.6) is 5.88 Å². The van der Waals surface area contributed by atoms with Crippen LogP contribution in [0.2, 0.25) is 0 Å². The molecule has 0 spiro atoms. The Morgan fingerprint density at radius 1 is 1.36 bits per heavy atom.